The number of aryl methyl sites for hydroxylation is 2. The lowest BCUT2D eigenvalue weighted by atomic mass is 10.1. The van der Waals surface area contributed by atoms with Crippen LogP contribution in [0.3, 0.4) is 0 Å². The van der Waals surface area contributed by atoms with Crippen molar-refractivity contribution in [1.82, 2.24) is 24.6 Å². The molecule has 2 aromatic heterocycles. The molecule has 1 amide bonds. The molecular formula is C19H27N5O3. The molecule has 0 saturated carbocycles. The van der Waals surface area contributed by atoms with Crippen molar-refractivity contribution in [2.75, 3.05) is 7.11 Å². The average Bonchev–Trinajstić information content (AvgIpc) is 2.83. The van der Waals surface area contributed by atoms with Gasteiger partial charge in [-0.05, 0) is 31.2 Å². The number of nitrogens with one attached hydrogen (secondary N) is 1. The van der Waals surface area contributed by atoms with Crippen molar-refractivity contribution in [3.8, 4) is 5.75 Å². The number of hydrogen-bond donors (Lipinski definition) is 1. The Morgan fingerprint density at radius 3 is 2.96 bits per heavy atom. The van der Waals surface area contributed by atoms with Gasteiger partial charge in [-0.15, -0.1) is 0 Å². The maximum Gasteiger partial charge on any atom is 0.345 e. The van der Waals surface area contributed by atoms with Gasteiger partial charge in [-0.2, -0.15) is 5.10 Å². The van der Waals surface area contributed by atoms with E-state index in [9.17, 15) is 9.59 Å². The molecule has 0 aromatic carbocycles. The Labute approximate surface area is 158 Å². The monoisotopic (exact) mass is 373 g/mol. The van der Waals surface area contributed by atoms with Crippen LogP contribution in [0.15, 0.2) is 23.3 Å². The third-order valence-corrected chi connectivity index (χ3v) is 4.92. The van der Waals surface area contributed by atoms with Crippen LogP contribution in [-0.2, 0) is 19.5 Å². The highest BCUT2D eigenvalue weighted by molar-refractivity contribution is 5.96. The Bertz CT molecular complexity index is 855. The summed E-state index contributed by atoms with van der Waals surface area (Å²) >= 11 is 0. The first kappa shape index (κ1) is 19.1. The van der Waals surface area contributed by atoms with Gasteiger partial charge < -0.3 is 10.1 Å². The summed E-state index contributed by atoms with van der Waals surface area (Å²) in [6, 6.07) is 1.63. The standard InChI is InChI=1S/C19H27N5O3/c1-13(2)7-11-24-19(26)23-10-8-14(4-5-17(23)22-24)21-18(25)15-6-9-20-12-16(15)27-3/h6,9,12-14H,4-5,7-8,10-11H2,1-3H3,(H,21,25). The Morgan fingerprint density at radius 2 is 2.22 bits per heavy atom. The SMILES string of the molecule is COc1cnccc1C(=O)NC1CCc2nn(CCC(C)C)c(=O)n2CC1. The fourth-order valence-corrected chi connectivity index (χ4v) is 3.29. The van der Waals surface area contributed by atoms with Crippen LogP contribution in [0.2, 0.25) is 0 Å². The molecule has 0 spiro atoms. The summed E-state index contributed by atoms with van der Waals surface area (Å²) in [5.41, 5.74) is 0.416. The fraction of sp³-hybridized carbons (Fsp3) is 0.579. The number of aromatic nitrogens is 4. The highest BCUT2D eigenvalue weighted by atomic mass is 16.5. The first-order chi connectivity index (χ1) is 13.0. The third kappa shape index (κ3) is 4.37. The van der Waals surface area contributed by atoms with Crippen molar-refractivity contribution in [3.05, 3.63) is 40.3 Å². The van der Waals surface area contributed by atoms with Crippen LogP contribution in [0.1, 0.15) is 49.3 Å². The molecule has 0 aliphatic carbocycles. The van der Waals surface area contributed by atoms with Crippen molar-refractivity contribution in [3.63, 3.8) is 0 Å². The van der Waals surface area contributed by atoms with Crippen molar-refractivity contribution in [2.45, 2.75) is 58.7 Å². The van der Waals surface area contributed by atoms with E-state index in [-0.39, 0.29) is 17.6 Å². The minimum Gasteiger partial charge on any atom is -0.494 e. The minimum atomic E-state index is -0.187. The van der Waals surface area contributed by atoms with Crippen LogP contribution < -0.4 is 15.7 Å². The van der Waals surface area contributed by atoms with Crippen molar-refractivity contribution in [2.24, 2.45) is 5.92 Å². The van der Waals surface area contributed by atoms with E-state index in [1.54, 1.807) is 21.5 Å². The van der Waals surface area contributed by atoms with Crippen molar-refractivity contribution >= 4 is 5.91 Å². The summed E-state index contributed by atoms with van der Waals surface area (Å²) in [5, 5.41) is 7.56. The molecule has 0 saturated heterocycles. The van der Waals surface area contributed by atoms with E-state index in [4.69, 9.17) is 4.74 Å². The molecule has 8 nitrogen and oxygen atoms in total. The lowest BCUT2D eigenvalue weighted by Gasteiger charge is -2.17. The lowest BCUT2D eigenvalue weighted by molar-refractivity contribution is 0.0929. The summed E-state index contributed by atoms with van der Waals surface area (Å²) < 4.78 is 8.53. The van der Waals surface area contributed by atoms with Gasteiger partial charge >= 0.3 is 5.69 Å². The van der Waals surface area contributed by atoms with Crippen LogP contribution >= 0.6 is 0 Å². The first-order valence-corrected chi connectivity index (χ1v) is 9.45. The van der Waals surface area contributed by atoms with Gasteiger partial charge in [0.2, 0.25) is 0 Å². The molecule has 1 N–H and O–H groups in total. The second kappa shape index (κ2) is 8.37. The zero-order valence-electron chi connectivity index (χ0n) is 16.1. The predicted molar refractivity (Wildman–Crippen MR) is 101 cm³/mol. The van der Waals surface area contributed by atoms with Gasteiger partial charge in [-0.25, -0.2) is 9.48 Å². The number of rotatable bonds is 6. The molecule has 3 rings (SSSR count). The molecule has 3 heterocycles. The van der Waals surface area contributed by atoms with E-state index in [0.29, 0.717) is 43.2 Å². The minimum absolute atomic E-state index is 0.0133. The van der Waals surface area contributed by atoms with E-state index in [0.717, 1.165) is 18.7 Å². The number of hydrogen-bond acceptors (Lipinski definition) is 5. The Morgan fingerprint density at radius 1 is 1.41 bits per heavy atom. The van der Waals surface area contributed by atoms with E-state index in [1.165, 1.54) is 13.3 Å². The summed E-state index contributed by atoms with van der Waals surface area (Å²) in [6.07, 6.45) is 6.14. The summed E-state index contributed by atoms with van der Waals surface area (Å²) in [7, 11) is 1.52. The second-order valence-electron chi connectivity index (χ2n) is 7.33. The van der Waals surface area contributed by atoms with Crippen LogP contribution in [0, 0.1) is 5.92 Å². The number of carbonyl (C=O) groups excluding carboxylic acids is 1. The molecule has 1 aliphatic heterocycles. The molecule has 0 radical (unpaired) electrons. The van der Waals surface area contributed by atoms with Gasteiger partial charge in [0.05, 0.1) is 18.9 Å². The van der Waals surface area contributed by atoms with E-state index < -0.39 is 0 Å². The summed E-state index contributed by atoms with van der Waals surface area (Å²) in [4.78, 5) is 29.1. The normalized spacial score (nSPS) is 16.7. The molecule has 1 unspecified atom stereocenters. The third-order valence-electron chi connectivity index (χ3n) is 4.92. The number of fused-ring (bicyclic) bond motifs is 1. The number of nitrogens with zero attached hydrogens (tertiary/aromatic N) is 4. The lowest BCUT2D eigenvalue weighted by Crippen LogP contribution is -2.36. The van der Waals surface area contributed by atoms with Crippen molar-refractivity contribution < 1.29 is 9.53 Å². The Balaban J connectivity index is 1.65. The van der Waals surface area contributed by atoms with Gasteiger partial charge in [0.1, 0.15) is 11.6 Å². The predicted octanol–water partition coefficient (Wildman–Crippen LogP) is 1.63. The molecule has 1 atom stereocenters. The fourth-order valence-electron chi connectivity index (χ4n) is 3.29. The molecule has 146 valence electrons. The molecule has 0 bridgehead atoms. The van der Waals surface area contributed by atoms with Gasteiger partial charge in [0.15, 0.2) is 0 Å². The Hall–Kier alpha value is -2.64. The van der Waals surface area contributed by atoms with Crippen LogP contribution in [0.4, 0.5) is 0 Å². The van der Waals surface area contributed by atoms with E-state index in [2.05, 4.69) is 29.2 Å². The quantitative estimate of drug-likeness (QED) is 0.831. The largest absolute Gasteiger partial charge is 0.494 e. The van der Waals surface area contributed by atoms with Crippen LogP contribution in [0.25, 0.3) is 0 Å². The molecule has 2 aromatic rings. The second-order valence-corrected chi connectivity index (χ2v) is 7.33. The van der Waals surface area contributed by atoms with E-state index >= 15 is 0 Å². The smallest absolute Gasteiger partial charge is 0.345 e. The average molecular weight is 373 g/mol. The number of carbonyl (C=O) groups is 1. The molecule has 1 aliphatic rings. The van der Waals surface area contributed by atoms with Gasteiger partial charge in [0.25, 0.3) is 5.91 Å². The highest BCUT2D eigenvalue weighted by Crippen LogP contribution is 2.17. The zero-order valence-corrected chi connectivity index (χ0v) is 16.1. The summed E-state index contributed by atoms with van der Waals surface area (Å²) in [6.45, 7) is 5.49. The van der Waals surface area contributed by atoms with Crippen molar-refractivity contribution in [1.29, 1.82) is 0 Å². The molecule has 0 fully saturated rings. The summed E-state index contributed by atoms with van der Waals surface area (Å²) in [5.74, 6) is 1.60. The first-order valence-electron chi connectivity index (χ1n) is 9.45. The number of ether oxygens (including phenoxy) is 1. The number of pyridine rings is 1. The maximum atomic E-state index is 12.6. The molecule has 27 heavy (non-hydrogen) atoms. The van der Waals surface area contributed by atoms with Crippen LogP contribution in [-0.4, -0.2) is 38.4 Å². The van der Waals surface area contributed by atoms with E-state index in [1.807, 2.05) is 0 Å². The van der Waals surface area contributed by atoms with Gasteiger partial charge in [-0.3, -0.25) is 14.3 Å². The topological polar surface area (TPSA) is 91.0 Å². The molecule has 8 heteroatoms. The van der Waals surface area contributed by atoms with Crippen LogP contribution in [0.5, 0.6) is 5.75 Å². The number of amides is 1. The van der Waals surface area contributed by atoms with Gasteiger partial charge in [0, 0.05) is 31.7 Å². The number of methoxy groups -OCH3 is 1. The maximum absolute atomic E-state index is 12.6. The zero-order chi connectivity index (χ0) is 19.4. The molecular weight excluding hydrogens is 346 g/mol. The highest BCUT2D eigenvalue weighted by Gasteiger charge is 2.23. The van der Waals surface area contributed by atoms with Gasteiger partial charge in [-0.1, -0.05) is 13.8 Å². The Kier molecular flexibility index (Phi) is 5.93.